The summed E-state index contributed by atoms with van der Waals surface area (Å²) in [5.41, 5.74) is 0. The van der Waals surface area contributed by atoms with E-state index in [9.17, 15) is 29.7 Å². The van der Waals surface area contributed by atoms with Gasteiger partial charge in [0.2, 0.25) is 0 Å². The number of rotatable bonds is 24. The van der Waals surface area contributed by atoms with Gasteiger partial charge in [0, 0.05) is 19.3 Å². The van der Waals surface area contributed by atoms with Crippen molar-refractivity contribution in [1.29, 1.82) is 0 Å². The molecule has 3 unspecified atom stereocenters. The van der Waals surface area contributed by atoms with Crippen molar-refractivity contribution >= 4 is 17.9 Å². The van der Waals surface area contributed by atoms with Crippen LogP contribution in [0.1, 0.15) is 111 Å². The number of hydrogen-bond acceptors (Lipinski definition) is 3. The molecule has 0 bridgehead atoms. The fourth-order valence-corrected chi connectivity index (χ4v) is 4.43. The third-order valence-electron chi connectivity index (χ3n) is 7.52. The van der Waals surface area contributed by atoms with Gasteiger partial charge >= 0.3 is 17.9 Å². The molecule has 3 atom stereocenters. The van der Waals surface area contributed by atoms with Crippen molar-refractivity contribution in [3.05, 3.63) is 12.2 Å². The van der Waals surface area contributed by atoms with Crippen LogP contribution in [0.2, 0.25) is 0 Å². The van der Waals surface area contributed by atoms with Crippen molar-refractivity contribution in [3.8, 4) is 0 Å². The zero-order valence-electron chi connectivity index (χ0n) is 23.4. The van der Waals surface area contributed by atoms with Gasteiger partial charge in [-0.2, -0.15) is 0 Å². The Morgan fingerprint density at radius 1 is 0.583 bits per heavy atom. The molecule has 0 rings (SSSR count). The van der Waals surface area contributed by atoms with Gasteiger partial charge in [0.15, 0.2) is 0 Å². The normalized spacial score (nSPS) is 15.9. The Bertz CT molecular complexity index is 588. The molecule has 7 heteroatoms. The Morgan fingerprint density at radius 2 is 0.944 bits per heavy atom. The predicted molar refractivity (Wildman–Crippen MR) is 145 cm³/mol. The largest absolute Gasteiger partial charge is 0.481 e. The SMILES string of the molecule is CCCCCCC/C=C/CCCCC[N+](CCC(C)C(=O)O)(CCC(C)C(=O)O)CCC(C)C(=O)O. The lowest BCUT2D eigenvalue weighted by Crippen LogP contribution is -2.52. The van der Waals surface area contributed by atoms with Gasteiger partial charge in [-0.3, -0.25) is 14.4 Å². The molecule has 0 aromatic rings. The van der Waals surface area contributed by atoms with Gasteiger partial charge in [0.1, 0.15) is 0 Å². The first kappa shape index (κ1) is 34.1. The number of carboxylic acid groups (broad SMARTS) is 3. The van der Waals surface area contributed by atoms with Gasteiger partial charge in [-0.15, -0.1) is 0 Å². The number of aliphatic carboxylic acids is 3. The molecule has 7 nitrogen and oxygen atoms in total. The lowest BCUT2D eigenvalue weighted by Gasteiger charge is -2.40. The molecule has 0 heterocycles. The van der Waals surface area contributed by atoms with Gasteiger partial charge in [-0.25, -0.2) is 0 Å². The van der Waals surface area contributed by atoms with Gasteiger partial charge < -0.3 is 19.8 Å². The quantitative estimate of drug-likeness (QED) is 0.0762. The van der Waals surface area contributed by atoms with Gasteiger partial charge in [0.25, 0.3) is 0 Å². The second-order valence-corrected chi connectivity index (χ2v) is 10.8. The van der Waals surface area contributed by atoms with Crippen LogP contribution in [0.3, 0.4) is 0 Å². The molecule has 0 aromatic heterocycles. The highest BCUT2D eigenvalue weighted by molar-refractivity contribution is 5.70. The highest BCUT2D eigenvalue weighted by atomic mass is 16.4. The number of hydrogen-bond donors (Lipinski definition) is 3. The maximum absolute atomic E-state index is 11.4. The van der Waals surface area contributed by atoms with E-state index in [0.717, 1.165) is 38.6 Å². The molecular formula is C29H54NO6+. The van der Waals surface area contributed by atoms with Crippen LogP contribution in [0, 0.1) is 17.8 Å². The summed E-state index contributed by atoms with van der Waals surface area (Å²) in [5, 5.41) is 28.1. The summed E-state index contributed by atoms with van der Waals surface area (Å²) in [6.07, 6.45) is 17.9. The molecule has 210 valence electrons. The summed E-state index contributed by atoms with van der Waals surface area (Å²) in [6, 6.07) is 0. The number of unbranched alkanes of at least 4 members (excludes halogenated alkanes) is 8. The fourth-order valence-electron chi connectivity index (χ4n) is 4.43. The topological polar surface area (TPSA) is 112 Å². The fraction of sp³-hybridized carbons (Fsp3) is 0.828. The maximum atomic E-state index is 11.4. The lowest BCUT2D eigenvalue weighted by molar-refractivity contribution is -0.929. The molecule has 0 aromatic carbocycles. The first-order valence-corrected chi connectivity index (χ1v) is 14.2. The van der Waals surface area contributed by atoms with Crippen molar-refractivity contribution in [2.45, 2.75) is 111 Å². The summed E-state index contributed by atoms with van der Waals surface area (Å²) in [4.78, 5) is 34.3. The van der Waals surface area contributed by atoms with Crippen LogP contribution < -0.4 is 0 Å². The lowest BCUT2D eigenvalue weighted by atomic mass is 10.0. The molecule has 0 fully saturated rings. The van der Waals surface area contributed by atoms with Gasteiger partial charge in [-0.1, -0.05) is 65.5 Å². The third kappa shape index (κ3) is 16.7. The molecule has 3 N–H and O–H groups in total. The molecule has 0 amide bonds. The monoisotopic (exact) mass is 512 g/mol. The smallest absolute Gasteiger partial charge is 0.306 e. The van der Waals surface area contributed by atoms with Gasteiger partial charge in [-0.05, 0) is 38.5 Å². The first-order valence-electron chi connectivity index (χ1n) is 14.2. The molecule has 0 aliphatic rings. The zero-order chi connectivity index (χ0) is 27.4. The molecule has 0 aliphatic heterocycles. The predicted octanol–water partition coefficient (Wildman–Crippen LogP) is 6.61. The first-order chi connectivity index (χ1) is 17.0. The second kappa shape index (κ2) is 20.2. The highest BCUT2D eigenvalue weighted by Crippen LogP contribution is 2.21. The minimum absolute atomic E-state index is 0.483. The van der Waals surface area contributed by atoms with Crippen LogP contribution >= 0.6 is 0 Å². The average Bonchev–Trinajstić information content (AvgIpc) is 2.84. The summed E-state index contributed by atoms with van der Waals surface area (Å²) >= 11 is 0. The summed E-state index contributed by atoms with van der Waals surface area (Å²) in [7, 11) is 0. The molecule has 36 heavy (non-hydrogen) atoms. The minimum Gasteiger partial charge on any atom is -0.481 e. The van der Waals surface area contributed by atoms with Crippen molar-refractivity contribution in [3.63, 3.8) is 0 Å². The number of quaternary nitrogens is 1. The van der Waals surface area contributed by atoms with Crippen LogP contribution in [0.4, 0.5) is 0 Å². The van der Waals surface area contributed by atoms with Gasteiger partial charge in [0.05, 0.1) is 43.9 Å². The van der Waals surface area contributed by atoms with Crippen LogP contribution in [0.25, 0.3) is 0 Å². The van der Waals surface area contributed by atoms with E-state index in [-0.39, 0.29) is 0 Å². The van der Waals surface area contributed by atoms with Crippen LogP contribution in [0.5, 0.6) is 0 Å². The van der Waals surface area contributed by atoms with E-state index in [2.05, 4.69) is 19.1 Å². The molecule has 0 radical (unpaired) electrons. The van der Waals surface area contributed by atoms with E-state index >= 15 is 0 Å². The Hall–Kier alpha value is -1.89. The second-order valence-electron chi connectivity index (χ2n) is 10.8. The zero-order valence-corrected chi connectivity index (χ0v) is 23.4. The van der Waals surface area contributed by atoms with Crippen molar-refractivity contribution in [1.82, 2.24) is 0 Å². The van der Waals surface area contributed by atoms with Crippen LogP contribution in [-0.4, -0.2) is 63.9 Å². The Kier molecular flexibility index (Phi) is 19.1. The van der Waals surface area contributed by atoms with E-state index in [1.165, 1.54) is 32.1 Å². The molecule has 0 spiro atoms. The number of allylic oxidation sites excluding steroid dienone is 2. The minimum atomic E-state index is -0.831. The average molecular weight is 513 g/mol. The van der Waals surface area contributed by atoms with E-state index in [1.807, 2.05) is 0 Å². The molecule has 0 saturated carbocycles. The molecule has 0 saturated heterocycles. The third-order valence-corrected chi connectivity index (χ3v) is 7.52. The van der Waals surface area contributed by atoms with Crippen molar-refractivity contribution < 1.29 is 34.2 Å². The van der Waals surface area contributed by atoms with Crippen LogP contribution in [-0.2, 0) is 14.4 Å². The summed E-state index contributed by atoms with van der Waals surface area (Å²) in [6.45, 7) is 10.0. The van der Waals surface area contributed by atoms with Crippen molar-refractivity contribution in [2.24, 2.45) is 17.8 Å². The number of carbonyl (C=O) groups is 3. The van der Waals surface area contributed by atoms with Crippen LogP contribution in [0.15, 0.2) is 12.2 Å². The summed E-state index contributed by atoms with van der Waals surface area (Å²) in [5.74, 6) is -3.94. The van der Waals surface area contributed by atoms with E-state index in [4.69, 9.17) is 0 Å². The van der Waals surface area contributed by atoms with E-state index in [0.29, 0.717) is 43.4 Å². The molecular weight excluding hydrogens is 458 g/mol. The Balaban J connectivity index is 4.99. The Morgan fingerprint density at radius 3 is 1.31 bits per heavy atom. The van der Waals surface area contributed by atoms with Crippen molar-refractivity contribution in [2.75, 3.05) is 26.2 Å². The maximum Gasteiger partial charge on any atom is 0.306 e. The number of carboxylic acids is 3. The highest BCUT2D eigenvalue weighted by Gasteiger charge is 2.31. The summed E-state index contributed by atoms with van der Waals surface area (Å²) < 4.78 is 0.598. The van der Waals surface area contributed by atoms with E-state index in [1.54, 1.807) is 20.8 Å². The molecule has 0 aliphatic carbocycles. The standard InChI is InChI=1S/C29H53NO6/c1-5-6-7-8-9-10-11-12-13-14-15-16-20-30(21-17-24(2)27(31)32,22-18-25(3)28(33)34)23-19-26(4)29(35)36/h11-12,24-26H,5-10,13-23H2,1-4H3,(H2-,31,32,33,34,35,36)/p+1/b12-11+. The van der Waals surface area contributed by atoms with E-state index < -0.39 is 35.7 Å². The Labute approximate surface area is 219 Å². The number of nitrogens with zero attached hydrogens (tertiary/aromatic N) is 1.